The van der Waals surface area contributed by atoms with Crippen LogP contribution in [-0.2, 0) is 11.2 Å². The number of rotatable bonds is 4. The number of fused-ring (bicyclic) bond motifs is 1. The first-order valence-corrected chi connectivity index (χ1v) is 7.50. The topological polar surface area (TPSA) is 32.3 Å². The van der Waals surface area contributed by atoms with Crippen LogP contribution in [0, 0.1) is 0 Å². The van der Waals surface area contributed by atoms with Crippen LogP contribution in [0.25, 0.3) is 0 Å². The number of hydrogen-bond donors (Lipinski definition) is 1. The maximum atomic E-state index is 12.3. The Balaban J connectivity index is 1.57. The summed E-state index contributed by atoms with van der Waals surface area (Å²) in [7, 11) is 0. The van der Waals surface area contributed by atoms with Crippen molar-refractivity contribution in [3.05, 3.63) is 59.1 Å². The molecule has 0 aliphatic carbocycles. The first kappa shape index (κ1) is 14.0. The molecule has 21 heavy (non-hydrogen) atoms. The van der Waals surface area contributed by atoms with E-state index in [1.54, 1.807) is 0 Å². The first-order chi connectivity index (χ1) is 10.3. The summed E-state index contributed by atoms with van der Waals surface area (Å²) >= 11 is 6.08. The molecule has 0 radical (unpaired) electrons. The van der Waals surface area contributed by atoms with Crippen molar-refractivity contribution in [2.45, 2.75) is 12.8 Å². The summed E-state index contributed by atoms with van der Waals surface area (Å²) in [4.78, 5) is 14.2. The van der Waals surface area contributed by atoms with Gasteiger partial charge in [-0.15, -0.1) is 0 Å². The molecule has 0 aromatic heterocycles. The Morgan fingerprint density at radius 3 is 2.76 bits per heavy atom. The molecule has 0 atom stereocenters. The maximum absolute atomic E-state index is 12.3. The van der Waals surface area contributed by atoms with Crippen LogP contribution in [0.2, 0.25) is 5.02 Å². The highest BCUT2D eigenvalue weighted by Gasteiger charge is 2.23. The molecule has 1 aliphatic rings. The van der Waals surface area contributed by atoms with Crippen LogP contribution in [-0.4, -0.2) is 19.0 Å². The van der Waals surface area contributed by atoms with E-state index in [-0.39, 0.29) is 5.91 Å². The van der Waals surface area contributed by atoms with Gasteiger partial charge in [0.15, 0.2) is 0 Å². The molecule has 1 heterocycles. The smallest absolute Gasteiger partial charge is 0.228 e. The van der Waals surface area contributed by atoms with Crippen molar-refractivity contribution in [3.63, 3.8) is 0 Å². The molecule has 0 fully saturated rings. The average molecular weight is 301 g/mol. The SMILES string of the molecule is O=C(CCNc1ccccc1Cl)N1CCc2ccccc21. The largest absolute Gasteiger partial charge is 0.383 e. The Labute approximate surface area is 129 Å². The number of anilines is 2. The van der Waals surface area contributed by atoms with Crippen molar-refractivity contribution in [3.8, 4) is 0 Å². The molecule has 4 heteroatoms. The average Bonchev–Trinajstić information content (AvgIpc) is 2.93. The summed E-state index contributed by atoms with van der Waals surface area (Å²) < 4.78 is 0. The van der Waals surface area contributed by atoms with Gasteiger partial charge >= 0.3 is 0 Å². The van der Waals surface area contributed by atoms with Crippen LogP contribution in [0.3, 0.4) is 0 Å². The third-order valence-electron chi connectivity index (χ3n) is 3.72. The minimum atomic E-state index is 0.152. The fourth-order valence-electron chi connectivity index (χ4n) is 2.64. The molecule has 3 rings (SSSR count). The zero-order valence-electron chi connectivity index (χ0n) is 11.7. The number of nitrogens with zero attached hydrogens (tertiary/aromatic N) is 1. The molecule has 2 aromatic carbocycles. The van der Waals surface area contributed by atoms with E-state index in [4.69, 9.17) is 11.6 Å². The molecule has 0 spiro atoms. The first-order valence-electron chi connectivity index (χ1n) is 7.12. The van der Waals surface area contributed by atoms with Crippen molar-refractivity contribution in [2.24, 2.45) is 0 Å². The third-order valence-corrected chi connectivity index (χ3v) is 4.05. The normalized spacial score (nSPS) is 13.1. The van der Waals surface area contributed by atoms with Crippen LogP contribution in [0.15, 0.2) is 48.5 Å². The highest BCUT2D eigenvalue weighted by Crippen LogP contribution is 2.28. The van der Waals surface area contributed by atoms with E-state index in [1.165, 1.54) is 5.56 Å². The van der Waals surface area contributed by atoms with Gasteiger partial charge in [0.1, 0.15) is 0 Å². The molecule has 0 saturated carbocycles. The Hall–Kier alpha value is -2.00. The number of halogens is 1. The maximum Gasteiger partial charge on any atom is 0.228 e. The molecule has 0 bridgehead atoms. The molecule has 1 amide bonds. The van der Waals surface area contributed by atoms with E-state index in [9.17, 15) is 4.79 Å². The molecule has 108 valence electrons. The molecule has 2 aromatic rings. The number of amides is 1. The molecule has 3 nitrogen and oxygen atoms in total. The predicted octanol–water partition coefficient (Wildman–Crippen LogP) is 3.73. The van der Waals surface area contributed by atoms with E-state index in [2.05, 4.69) is 11.4 Å². The van der Waals surface area contributed by atoms with Gasteiger partial charge in [-0.1, -0.05) is 41.9 Å². The summed E-state index contributed by atoms with van der Waals surface area (Å²) in [5, 5.41) is 3.89. The monoisotopic (exact) mass is 300 g/mol. The minimum absolute atomic E-state index is 0.152. The lowest BCUT2D eigenvalue weighted by atomic mass is 10.2. The van der Waals surface area contributed by atoms with Gasteiger partial charge in [0.2, 0.25) is 5.91 Å². The van der Waals surface area contributed by atoms with Gasteiger partial charge in [0.05, 0.1) is 10.7 Å². The summed E-state index contributed by atoms with van der Waals surface area (Å²) in [6, 6.07) is 15.7. The second-order valence-corrected chi connectivity index (χ2v) is 5.49. The van der Waals surface area contributed by atoms with E-state index >= 15 is 0 Å². The molecule has 1 N–H and O–H groups in total. The van der Waals surface area contributed by atoms with Crippen LogP contribution >= 0.6 is 11.6 Å². The Morgan fingerprint density at radius 1 is 1.14 bits per heavy atom. The zero-order chi connectivity index (χ0) is 14.7. The van der Waals surface area contributed by atoms with Gasteiger partial charge in [0.25, 0.3) is 0 Å². The van der Waals surface area contributed by atoms with Crippen molar-refractivity contribution in [1.82, 2.24) is 0 Å². The summed E-state index contributed by atoms with van der Waals surface area (Å²) in [5.74, 6) is 0.152. The van der Waals surface area contributed by atoms with Gasteiger partial charge in [-0.25, -0.2) is 0 Å². The number of benzene rings is 2. The lowest BCUT2D eigenvalue weighted by molar-refractivity contribution is -0.118. The van der Waals surface area contributed by atoms with Crippen molar-refractivity contribution >= 4 is 28.9 Å². The lowest BCUT2D eigenvalue weighted by Crippen LogP contribution is -2.30. The van der Waals surface area contributed by atoms with Gasteiger partial charge < -0.3 is 10.2 Å². The standard InChI is InChI=1S/C17H17ClN2O/c18-14-6-2-3-7-15(14)19-11-9-17(21)20-12-10-13-5-1-4-8-16(13)20/h1-8,19H,9-12H2. The van der Waals surface area contributed by atoms with Gasteiger partial charge in [0, 0.05) is 25.2 Å². The highest BCUT2D eigenvalue weighted by molar-refractivity contribution is 6.33. The number of carbonyl (C=O) groups is 1. The number of nitrogens with one attached hydrogen (secondary N) is 1. The molecular weight excluding hydrogens is 284 g/mol. The lowest BCUT2D eigenvalue weighted by Gasteiger charge is -2.17. The number of carbonyl (C=O) groups excluding carboxylic acids is 1. The summed E-state index contributed by atoms with van der Waals surface area (Å²) in [6.07, 6.45) is 1.40. The van der Waals surface area contributed by atoms with E-state index < -0.39 is 0 Å². The van der Waals surface area contributed by atoms with Gasteiger partial charge in [-0.3, -0.25) is 4.79 Å². The van der Waals surface area contributed by atoms with E-state index in [0.717, 1.165) is 24.3 Å². The van der Waals surface area contributed by atoms with Gasteiger partial charge in [-0.05, 0) is 30.2 Å². The molecular formula is C17H17ClN2O. The third kappa shape index (κ3) is 3.03. The fourth-order valence-corrected chi connectivity index (χ4v) is 2.84. The Kier molecular flexibility index (Phi) is 4.11. The van der Waals surface area contributed by atoms with Gasteiger partial charge in [-0.2, -0.15) is 0 Å². The Morgan fingerprint density at radius 2 is 1.90 bits per heavy atom. The van der Waals surface area contributed by atoms with Crippen LogP contribution in [0.1, 0.15) is 12.0 Å². The molecule has 0 unspecified atom stereocenters. The van der Waals surface area contributed by atoms with Crippen molar-refractivity contribution < 1.29 is 4.79 Å². The summed E-state index contributed by atoms with van der Waals surface area (Å²) in [6.45, 7) is 1.37. The van der Waals surface area contributed by atoms with E-state index in [0.29, 0.717) is 18.0 Å². The minimum Gasteiger partial charge on any atom is -0.383 e. The molecule has 1 aliphatic heterocycles. The summed E-state index contributed by atoms with van der Waals surface area (Å²) in [5.41, 5.74) is 3.18. The fraction of sp³-hybridized carbons (Fsp3) is 0.235. The van der Waals surface area contributed by atoms with Crippen molar-refractivity contribution in [2.75, 3.05) is 23.3 Å². The van der Waals surface area contributed by atoms with Crippen LogP contribution in [0.5, 0.6) is 0 Å². The second kappa shape index (κ2) is 6.19. The highest BCUT2D eigenvalue weighted by atomic mass is 35.5. The zero-order valence-corrected chi connectivity index (χ0v) is 12.4. The van der Waals surface area contributed by atoms with Crippen LogP contribution in [0.4, 0.5) is 11.4 Å². The molecule has 0 saturated heterocycles. The Bertz CT molecular complexity index is 657. The predicted molar refractivity (Wildman–Crippen MR) is 87.1 cm³/mol. The van der Waals surface area contributed by atoms with Crippen molar-refractivity contribution in [1.29, 1.82) is 0 Å². The second-order valence-electron chi connectivity index (χ2n) is 5.08. The van der Waals surface area contributed by atoms with E-state index in [1.807, 2.05) is 47.4 Å². The quantitative estimate of drug-likeness (QED) is 0.933. The van der Waals surface area contributed by atoms with Crippen LogP contribution < -0.4 is 10.2 Å². The number of para-hydroxylation sites is 2. The number of hydrogen-bond acceptors (Lipinski definition) is 2.